The molecule has 1 amide bonds. The van der Waals surface area contributed by atoms with Crippen molar-refractivity contribution < 1.29 is 19.1 Å². The van der Waals surface area contributed by atoms with Crippen LogP contribution in [0, 0.1) is 11.7 Å². The van der Waals surface area contributed by atoms with Gasteiger partial charge in [-0.2, -0.15) is 0 Å². The molecule has 5 N–H and O–H groups in total. The third kappa shape index (κ3) is 4.66. The van der Waals surface area contributed by atoms with Gasteiger partial charge in [0, 0.05) is 18.2 Å². The van der Waals surface area contributed by atoms with Gasteiger partial charge in [-0.3, -0.25) is 9.59 Å². The minimum atomic E-state index is -1.22. The molecule has 0 aliphatic carbocycles. The van der Waals surface area contributed by atoms with E-state index >= 15 is 0 Å². The van der Waals surface area contributed by atoms with Crippen LogP contribution in [-0.4, -0.2) is 41.5 Å². The van der Waals surface area contributed by atoms with Crippen molar-refractivity contribution in [3.63, 3.8) is 0 Å². The molecular formula is C16H21ClFN3O3. The van der Waals surface area contributed by atoms with Crippen molar-refractivity contribution in [2.24, 2.45) is 11.7 Å². The lowest BCUT2D eigenvalue weighted by Crippen LogP contribution is -2.42. The number of hydrogen-bond acceptors (Lipinski definition) is 4. The van der Waals surface area contributed by atoms with Gasteiger partial charge >= 0.3 is 5.97 Å². The number of carbonyl (C=O) groups is 2. The Labute approximate surface area is 144 Å². The average Bonchev–Trinajstić information content (AvgIpc) is 2.51. The molecule has 0 radical (unpaired) electrons. The molecule has 8 heteroatoms. The summed E-state index contributed by atoms with van der Waals surface area (Å²) in [5.74, 6) is -1.93. The molecule has 0 spiro atoms. The van der Waals surface area contributed by atoms with Crippen LogP contribution >= 0.6 is 11.6 Å². The Balaban J connectivity index is 2.13. The molecule has 1 aliphatic rings. The van der Waals surface area contributed by atoms with Crippen molar-refractivity contribution in [1.82, 2.24) is 10.6 Å². The van der Waals surface area contributed by atoms with Gasteiger partial charge in [-0.25, -0.2) is 4.39 Å². The van der Waals surface area contributed by atoms with E-state index in [4.69, 9.17) is 22.4 Å². The minimum absolute atomic E-state index is 0.104. The van der Waals surface area contributed by atoms with E-state index < -0.39 is 23.7 Å². The van der Waals surface area contributed by atoms with Crippen LogP contribution in [0.3, 0.4) is 0 Å². The lowest BCUT2D eigenvalue weighted by molar-refractivity contribution is -0.138. The summed E-state index contributed by atoms with van der Waals surface area (Å²) < 4.78 is 13.9. The molecule has 3 unspecified atom stereocenters. The summed E-state index contributed by atoms with van der Waals surface area (Å²) in [4.78, 5) is 22.8. The van der Waals surface area contributed by atoms with E-state index in [-0.39, 0.29) is 23.5 Å². The third-order valence-electron chi connectivity index (χ3n) is 4.02. The molecule has 0 aromatic heterocycles. The summed E-state index contributed by atoms with van der Waals surface area (Å²) >= 11 is 6.37. The standard InChI is InChI=1S/C16H21ClFN3O3/c1-8-2-12(17)14(20-6-8)9-3-10(5-11(18)4-9)15(22)21-7-13(19)16(23)24/h3-5,8,12-14,20H,2,6-7,19H2,1H3,(H,21,22)(H,23,24)/t8?,12?,13-,14?/m1/s1. The van der Waals surface area contributed by atoms with Crippen LogP contribution in [0.2, 0.25) is 0 Å². The van der Waals surface area contributed by atoms with Gasteiger partial charge in [0.2, 0.25) is 0 Å². The molecule has 6 nitrogen and oxygen atoms in total. The second-order valence-electron chi connectivity index (χ2n) is 6.17. The zero-order valence-corrected chi connectivity index (χ0v) is 14.0. The average molecular weight is 358 g/mol. The van der Waals surface area contributed by atoms with Crippen molar-refractivity contribution in [1.29, 1.82) is 0 Å². The Morgan fingerprint density at radius 2 is 2.21 bits per heavy atom. The van der Waals surface area contributed by atoms with Crippen molar-refractivity contribution in [2.75, 3.05) is 13.1 Å². The number of carboxylic acids is 1. The van der Waals surface area contributed by atoms with E-state index in [1.165, 1.54) is 6.07 Å². The van der Waals surface area contributed by atoms with Gasteiger partial charge in [0.1, 0.15) is 11.9 Å². The Hall–Kier alpha value is -1.70. The van der Waals surface area contributed by atoms with Crippen molar-refractivity contribution in [3.8, 4) is 0 Å². The van der Waals surface area contributed by atoms with Crippen LogP contribution in [0.15, 0.2) is 18.2 Å². The van der Waals surface area contributed by atoms with E-state index in [9.17, 15) is 14.0 Å². The number of benzene rings is 1. The lowest BCUT2D eigenvalue weighted by Gasteiger charge is -2.32. The second-order valence-corrected chi connectivity index (χ2v) is 6.73. The van der Waals surface area contributed by atoms with Gasteiger partial charge < -0.3 is 21.5 Å². The first-order valence-electron chi connectivity index (χ1n) is 7.72. The molecule has 1 aromatic rings. The van der Waals surface area contributed by atoms with Crippen LogP contribution < -0.4 is 16.4 Å². The summed E-state index contributed by atoms with van der Waals surface area (Å²) in [5.41, 5.74) is 6.03. The van der Waals surface area contributed by atoms with Crippen molar-refractivity contribution in [3.05, 3.63) is 35.1 Å². The Morgan fingerprint density at radius 3 is 2.83 bits per heavy atom. The monoisotopic (exact) mass is 357 g/mol. The number of halogens is 2. The van der Waals surface area contributed by atoms with E-state index in [0.717, 1.165) is 19.0 Å². The first-order chi connectivity index (χ1) is 11.3. The Bertz CT molecular complexity index is 629. The summed E-state index contributed by atoms with van der Waals surface area (Å²) in [6, 6.07) is 2.55. The molecule has 4 atom stereocenters. The van der Waals surface area contributed by atoms with Crippen LogP contribution in [0.4, 0.5) is 4.39 Å². The van der Waals surface area contributed by atoms with E-state index in [1.54, 1.807) is 6.07 Å². The fourth-order valence-corrected chi connectivity index (χ4v) is 3.24. The topological polar surface area (TPSA) is 104 Å². The van der Waals surface area contributed by atoms with Gasteiger partial charge in [0.15, 0.2) is 0 Å². The zero-order chi connectivity index (χ0) is 17.9. The first kappa shape index (κ1) is 18.6. The third-order valence-corrected chi connectivity index (χ3v) is 4.45. The van der Waals surface area contributed by atoms with Gasteiger partial charge in [-0.15, -0.1) is 11.6 Å². The summed E-state index contributed by atoms with van der Waals surface area (Å²) in [6.07, 6.45) is 0.796. The molecule has 1 saturated heterocycles. The fourth-order valence-electron chi connectivity index (χ4n) is 2.70. The molecule has 0 bridgehead atoms. The van der Waals surface area contributed by atoms with Gasteiger partial charge in [-0.1, -0.05) is 6.92 Å². The highest BCUT2D eigenvalue weighted by molar-refractivity contribution is 6.21. The van der Waals surface area contributed by atoms with E-state index in [0.29, 0.717) is 11.5 Å². The first-order valence-corrected chi connectivity index (χ1v) is 8.16. The normalized spacial score (nSPS) is 25.1. The summed E-state index contributed by atoms with van der Waals surface area (Å²) in [5, 5.41) is 14.2. The highest BCUT2D eigenvalue weighted by atomic mass is 35.5. The predicted molar refractivity (Wildman–Crippen MR) is 88.5 cm³/mol. The number of rotatable bonds is 5. The quantitative estimate of drug-likeness (QED) is 0.594. The van der Waals surface area contributed by atoms with Crippen LogP contribution in [-0.2, 0) is 4.79 Å². The maximum Gasteiger partial charge on any atom is 0.322 e. The molecular weight excluding hydrogens is 337 g/mol. The number of alkyl halides is 1. The number of nitrogens with one attached hydrogen (secondary N) is 2. The highest BCUT2D eigenvalue weighted by Gasteiger charge is 2.28. The number of piperidine rings is 1. The summed E-state index contributed by atoms with van der Waals surface area (Å²) in [6.45, 7) is 2.60. The summed E-state index contributed by atoms with van der Waals surface area (Å²) in [7, 11) is 0. The molecule has 0 saturated carbocycles. The zero-order valence-electron chi connectivity index (χ0n) is 13.3. The molecule has 1 fully saturated rings. The molecule has 24 heavy (non-hydrogen) atoms. The fraction of sp³-hybridized carbons (Fsp3) is 0.500. The molecule has 1 aliphatic heterocycles. The number of amides is 1. The Morgan fingerprint density at radius 1 is 1.50 bits per heavy atom. The van der Waals surface area contributed by atoms with E-state index in [1.807, 2.05) is 0 Å². The van der Waals surface area contributed by atoms with Gasteiger partial charge in [0.05, 0.1) is 5.38 Å². The van der Waals surface area contributed by atoms with Crippen LogP contribution in [0.5, 0.6) is 0 Å². The molecule has 1 aromatic carbocycles. The SMILES string of the molecule is CC1CNC(c2cc(F)cc(C(=O)NC[C@@H](N)C(=O)O)c2)C(Cl)C1. The number of nitrogens with two attached hydrogens (primary N) is 1. The number of aliphatic carboxylic acids is 1. The maximum absolute atomic E-state index is 13.9. The lowest BCUT2D eigenvalue weighted by atomic mass is 9.91. The molecule has 1 heterocycles. The maximum atomic E-state index is 13.9. The van der Waals surface area contributed by atoms with E-state index in [2.05, 4.69) is 17.6 Å². The van der Waals surface area contributed by atoms with Gasteiger partial charge in [0.25, 0.3) is 5.91 Å². The molecule has 132 valence electrons. The Kier molecular flexibility index (Phi) is 6.15. The number of carbonyl (C=O) groups excluding carboxylic acids is 1. The van der Waals surface area contributed by atoms with Crippen LogP contribution in [0.1, 0.15) is 35.3 Å². The number of carboxylic acid groups (broad SMARTS) is 1. The highest BCUT2D eigenvalue weighted by Crippen LogP contribution is 2.31. The minimum Gasteiger partial charge on any atom is -0.480 e. The van der Waals surface area contributed by atoms with Crippen molar-refractivity contribution >= 4 is 23.5 Å². The van der Waals surface area contributed by atoms with Crippen LogP contribution in [0.25, 0.3) is 0 Å². The largest absolute Gasteiger partial charge is 0.480 e. The van der Waals surface area contributed by atoms with Crippen molar-refractivity contribution in [2.45, 2.75) is 30.8 Å². The van der Waals surface area contributed by atoms with Gasteiger partial charge in [-0.05, 0) is 42.6 Å². The second kappa shape index (κ2) is 7.92. The smallest absolute Gasteiger partial charge is 0.322 e. The molecule has 2 rings (SSSR count). The predicted octanol–water partition coefficient (Wildman–Crippen LogP) is 1.25. The number of hydrogen-bond donors (Lipinski definition) is 4.